The van der Waals surface area contributed by atoms with Crippen LogP contribution in [-0.2, 0) is 0 Å². The van der Waals surface area contributed by atoms with Gasteiger partial charge in [-0.05, 0) is 24.4 Å². The van der Waals surface area contributed by atoms with E-state index in [1.165, 1.54) is 11.3 Å². The van der Waals surface area contributed by atoms with Crippen LogP contribution in [0.25, 0.3) is 0 Å². The number of nitro groups is 1. The molecular formula is C13H10F2N2O3S. The highest BCUT2D eigenvalue weighted by Crippen LogP contribution is 2.24. The molecule has 0 fully saturated rings. The lowest BCUT2D eigenvalue weighted by Crippen LogP contribution is -2.27. The van der Waals surface area contributed by atoms with Crippen LogP contribution in [0.3, 0.4) is 0 Å². The topological polar surface area (TPSA) is 72.2 Å². The molecule has 0 saturated carbocycles. The molecule has 0 aliphatic rings. The van der Waals surface area contributed by atoms with Gasteiger partial charge in [-0.15, -0.1) is 11.3 Å². The number of nitrogens with zero attached hydrogens (tertiary/aromatic N) is 1. The van der Waals surface area contributed by atoms with Crippen molar-refractivity contribution in [3.05, 3.63) is 61.8 Å². The van der Waals surface area contributed by atoms with Gasteiger partial charge in [0.05, 0.1) is 17.0 Å². The second-order valence-corrected chi connectivity index (χ2v) is 5.23. The number of carbonyl (C=O) groups excluding carboxylic acids is 1. The van der Waals surface area contributed by atoms with Crippen molar-refractivity contribution in [2.45, 2.75) is 13.0 Å². The highest BCUT2D eigenvalue weighted by molar-refractivity contribution is 7.10. The van der Waals surface area contributed by atoms with Gasteiger partial charge >= 0.3 is 0 Å². The third-order valence-electron chi connectivity index (χ3n) is 2.80. The summed E-state index contributed by atoms with van der Waals surface area (Å²) >= 11 is 1.40. The van der Waals surface area contributed by atoms with Gasteiger partial charge in [-0.2, -0.15) is 0 Å². The Morgan fingerprint density at radius 3 is 2.62 bits per heavy atom. The predicted octanol–water partition coefficient (Wildman–Crippen LogP) is 3.43. The molecule has 0 radical (unpaired) electrons. The van der Waals surface area contributed by atoms with E-state index in [2.05, 4.69) is 5.32 Å². The third kappa shape index (κ3) is 3.22. The number of hydrogen-bond acceptors (Lipinski definition) is 4. The van der Waals surface area contributed by atoms with E-state index >= 15 is 0 Å². The minimum Gasteiger partial charge on any atom is -0.344 e. The Hall–Kier alpha value is -2.35. The standard InChI is InChI=1S/C13H10F2N2O3S/c1-7(12-3-2-4-21-12)16-13(18)8-5-9(14)10(15)6-11(8)17(19)20/h2-7H,1H3,(H,16,18). The number of carbonyl (C=O) groups is 1. The second-order valence-electron chi connectivity index (χ2n) is 4.25. The molecule has 1 aromatic carbocycles. The second kappa shape index (κ2) is 5.96. The summed E-state index contributed by atoms with van der Waals surface area (Å²) in [7, 11) is 0. The Bertz CT molecular complexity index is 689. The molecule has 5 nitrogen and oxygen atoms in total. The van der Waals surface area contributed by atoms with Crippen molar-refractivity contribution in [1.82, 2.24) is 5.32 Å². The van der Waals surface area contributed by atoms with Crippen molar-refractivity contribution < 1.29 is 18.5 Å². The Balaban J connectivity index is 2.30. The zero-order chi connectivity index (χ0) is 15.6. The molecule has 0 bridgehead atoms. The molecule has 0 saturated heterocycles. The van der Waals surface area contributed by atoms with Crippen LogP contribution in [0, 0.1) is 21.7 Å². The molecule has 1 amide bonds. The largest absolute Gasteiger partial charge is 0.344 e. The fourth-order valence-corrected chi connectivity index (χ4v) is 2.49. The Kier molecular flexibility index (Phi) is 4.27. The molecule has 110 valence electrons. The summed E-state index contributed by atoms with van der Waals surface area (Å²) in [6, 6.07) is 4.12. The molecule has 0 aliphatic carbocycles. The number of benzene rings is 1. The fourth-order valence-electron chi connectivity index (χ4n) is 1.75. The first kappa shape index (κ1) is 15.0. The van der Waals surface area contributed by atoms with Crippen LogP contribution in [0.1, 0.15) is 28.2 Å². The number of halogens is 2. The van der Waals surface area contributed by atoms with Gasteiger partial charge in [0, 0.05) is 4.88 Å². The Morgan fingerprint density at radius 2 is 2.05 bits per heavy atom. The normalized spacial score (nSPS) is 12.0. The first-order chi connectivity index (χ1) is 9.90. The van der Waals surface area contributed by atoms with Gasteiger partial charge < -0.3 is 5.32 Å². The van der Waals surface area contributed by atoms with Crippen LogP contribution >= 0.6 is 11.3 Å². The van der Waals surface area contributed by atoms with E-state index in [1.54, 1.807) is 19.1 Å². The number of nitro benzene ring substituents is 1. The summed E-state index contributed by atoms with van der Waals surface area (Å²) in [4.78, 5) is 22.8. The molecule has 0 aliphatic heterocycles. The smallest absolute Gasteiger partial charge is 0.285 e. The van der Waals surface area contributed by atoms with Gasteiger partial charge in [0.25, 0.3) is 11.6 Å². The zero-order valence-corrected chi connectivity index (χ0v) is 11.6. The number of nitrogens with one attached hydrogen (secondary N) is 1. The molecule has 8 heteroatoms. The summed E-state index contributed by atoms with van der Waals surface area (Å²) in [6.07, 6.45) is 0. The Labute approximate surface area is 122 Å². The lowest BCUT2D eigenvalue weighted by molar-refractivity contribution is -0.385. The molecule has 21 heavy (non-hydrogen) atoms. The van der Waals surface area contributed by atoms with Gasteiger partial charge in [0.1, 0.15) is 5.56 Å². The van der Waals surface area contributed by atoms with Crippen LogP contribution in [0.15, 0.2) is 29.6 Å². The van der Waals surface area contributed by atoms with Crippen molar-refractivity contribution in [2.24, 2.45) is 0 Å². The van der Waals surface area contributed by atoms with Crippen LogP contribution in [-0.4, -0.2) is 10.8 Å². The van der Waals surface area contributed by atoms with E-state index in [9.17, 15) is 23.7 Å². The molecule has 2 rings (SSSR count). The van der Waals surface area contributed by atoms with E-state index in [-0.39, 0.29) is 0 Å². The summed E-state index contributed by atoms with van der Waals surface area (Å²) in [5, 5.41) is 15.2. The maximum Gasteiger partial charge on any atom is 0.285 e. The minimum absolute atomic E-state index is 0.398. The van der Waals surface area contributed by atoms with Crippen molar-refractivity contribution in [1.29, 1.82) is 0 Å². The fraction of sp³-hybridized carbons (Fsp3) is 0.154. The van der Waals surface area contributed by atoms with Gasteiger partial charge in [0.2, 0.25) is 0 Å². The third-order valence-corrected chi connectivity index (χ3v) is 3.85. The van der Waals surface area contributed by atoms with Crippen LogP contribution in [0.4, 0.5) is 14.5 Å². The molecule has 1 unspecified atom stereocenters. The monoisotopic (exact) mass is 312 g/mol. The highest BCUT2D eigenvalue weighted by atomic mass is 32.1. The van der Waals surface area contributed by atoms with Crippen LogP contribution < -0.4 is 5.32 Å². The predicted molar refractivity (Wildman–Crippen MR) is 73.2 cm³/mol. The van der Waals surface area contributed by atoms with Crippen molar-refractivity contribution in [3.8, 4) is 0 Å². The average Bonchev–Trinajstić information content (AvgIpc) is 2.95. The molecular weight excluding hydrogens is 302 g/mol. The van der Waals surface area contributed by atoms with Crippen molar-refractivity contribution in [2.75, 3.05) is 0 Å². The van der Waals surface area contributed by atoms with Gasteiger partial charge in [-0.3, -0.25) is 14.9 Å². The molecule has 1 heterocycles. The molecule has 1 aromatic heterocycles. The molecule has 2 aromatic rings. The van der Waals surface area contributed by atoms with Crippen LogP contribution in [0.2, 0.25) is 0 Å². The number of rotatable bonds is 4. The first-order valence-electron chi connectivity index (χ1n) is 5.88. The van der Waals surface area contributed by atoms with Crippen molar-refractivity contribution in [3.63, 3.8) is 0 Å². The average molecular weight is 312 g/mol. The summed E-state index contributed by atoms with van der Waals surface area (Å²) in [6.45, 7) is 1.69. The van der Waals surface area contributed by atoms with Crippen LogP contribution in [0.5, 0.6) is 0 Å². The summed E-state index contributed by atoms with van der Waals surface area (Å²) in [5.74, 6) is -3.51. The zero-order valence-electron chi connectivity index (χ0n) is 10.8. The highest BCUT2D eigenvalue weighted by Gasteiger charge is 2.25. The first-order valence-corrected chi connectivity index (χ1v) is 6.76. The van der Waals surface area contributed by atoms with E-state index in [1.807, 2.05) is 5.38 Å². The van der Waals surface area contributed by atoms with Gasteiger partial charge in [0.15, 0.2) is 11.6 Å². The number of amides is 1. The summed E-state index contributed by atoms with van der Waals surface area (Å²) < 4.78 is 26.3. The quantitative estimate of drug-likeness (QED) is 0.694. The summed E-state index contributed by atoms with van der Waals surface area (Å²) in [5.41, 5.74) is -1.29. The molecule has 0 spiro atoms. The van der Waals surface area contributed by atoms with E-state index in [0.717, 1.165) is 4.88 Å². The minimum atomic E-state index is -1.37. The van der Waals surface area contributed by atoms with Gasteiger partial charge in [-0.1, -0.05) is 6.07 Å². The number of hydrogen-bond donors (Lipinski definition) is 1. The molecule has 1 N–H and O–H groups in total. The number of thiophene rings is 1. The lowest BCUT2D eigenvalue weighted by atomic mass is 10.1. The molecule has 1 atom stereocenters. The maximum atomic E-state index is 13.2. The van der Waals surface area contributed by atoms with E-state index < -0.39 is 39.8 Å². The maximum absolute atomic E-state index is 13.2. The lowest BCUT2D eigenvalue weighted by Gasteiger charge is -2.12. The Morgan fingerprint density at radius 1 is 1.38 bits per heavy atom. The van der Waals surface area contributed by atoms with E-state index in [4.69, 9.17) is 0 Å². The van der Waals surface area contributed by atoms with Crippen molar-refractivity contribution >= 4 is 22.9 Å². The van der Waals surface area contributed by atoms with Gasteiger partial charge in [-0.25, -0.2) is 8.78 Å². The van der Waals surface area contributed by atoms with E-state index in [0.29, 0.717) is 12.1 Å². The SMILES string of the molecule is CC(NC(=O)c1cc(F)c(F)cc1[N+](=O)[O-])c1cccs1.